The van der Waals surface area contributed by atoms with Crippen LogP contribution in [0.5, 0.6) is 0 Å². The summed E-state index contributed by atoms with van der Waals surface area (Å²) in [6, 6.07) is 4.19. The number of amides is 2. The first-order valence-electron chi connectivity index (χ1n) is 11.5. The lowest BCUT2D eigenvalue weighted by Gasteiger charge is -2.40. The Morgan fingerprint density at radius 1 is 1.15 bits per heavy atom. The molecule has 0 unspecified atom stereocenters. The SMILES string of the molecule is C[C@H]1CN(C(=O)OC(C)(C)C)CCN1C(=O)Cc1ccc(F)cc1B1OC(C)(C)C(C)(C)O1. The van der Waals surface area contributed by atoms with Gasteiger partial charge in [0, 0.05) is 25.7 Å². The Morgan fingerprint density at radius 3 is 2.30 bits per heavy atom. The van der Waals surface area contributed by atoms with Crippen molar-refractivity contribution in [3.63, 3.8) is 0 Å². The van der Waals surface area contributed by atoms with E-state index in [0.29, 0.717) is 30.7 Å². The Labute approximate surface area is 196 Å². The molecule has 0 N–H and O–H groups in total. The van der Waals surface area contributed by atoms with Crippen molar-refractivity contribution < 1.29 is 28.0 Å². The Bertz CT molecular complexity index is 899. The summed E-state index contributed by atoms with van der Waals surface area (Å²) < 4.78 is 31.8. The molecule has 0 bridgehead atoms. The number of hydrogen-bond acceptors (Lipinski definition) is 5. The average molecular weight is 462 g/mol. The summed E-state index contributed by atoms with van der Waals surface area (Å²) in [5.41, 5.74) is -0.515. The largest absolute Gasteiger partial charge is 0.495 e. The number of carbonyl (C=O) groups excluding carboxylic acids is 2. The van der Waals surface area contributed by atoms with Gasteiger partial charge in [0.15, 0.2) is 0 Å². The Morgan fingerprint density at radius 2 is 1.76 bits per heavy atom. The van der Waals surface area contributed by atoms with Crippen molar-refractivity contribution in [2.75, 3.05) is 19.6 Å². The van der Waals surface area contributed by atoms with Gasteiger partial charge in [-0.25, -0.2) is 9.18 Å². The van der Waals surface area contributed by atoms with Gasteiger partial charge in [-0.3, -0.25) is 4.79 Å². The molecule has 2 aliphatic rings. The zero-order valence-corrected chi connectivity index (χ0v) is 21.0. The first-order chi connectivity index (χ1) is 15.1. The Hall–Kier alpha value is -2.13. The first kappa shape index (κ1) is 25.5. The normalized spacial score (nSPS) is 22.5. The van der Waals surface area contributed by atoms with Gasteiger partial charge in [-0.1, -0.05) is 6.07 Å². The van der Waals surface area contributed by atoms with E-state index in [1.807, 2.05) is 55.4 Å². The highest BCUT2D eigenvalue weighted by Gasteiger charge is 2.52. The van der Waals surface area contributed by atoms with E-state index in [1.165, 1.54) is 12.1 Å². The second kappa shape index (κ2) is 8.91. The molecule has 2 fully saturated rings. The zero-order chi connectivity index (χ0) is 24.8. The molecule has 182 valence electrons. The predicted octanol–water partition coefficient (Wildman–Crippen LogP) is 3.14. The van der Waals surface area contributed by atoms with E-state index in [4.69, 9.17) is 14.0 Å². The molecule has 33 heavy (non-hydrogen) atoms. The van der Waals surface area contributed by atoms with E-state index in [0.717, 1.165) is 0 Å². The molecule has 0 radical (unpaired) electrons. The first-order valence-corrected chi connectivity index (χ1v) is 11.5. The van der Waals surface area contributed by atoms with Gasteiger partial charge in [-0.15, -0.1) is 0 Å². The van der Waals surface area contributed by atoms with Crippen molar-refractivity contribution in [2.45, 2.75) is 84.7 Å². The number of rotatable bonds is 3. The van der Waals surface area contributed by atoms with Crippen LogP contribution in [0, 0.1) is 5.82 Å². The molecule has 7 nitrogen and oxygen atoms in total. The molecule has 9 heteroatoms. The third kappa shape index (κ3) is 5.69. The summed E-state index contributed by atoms with van der Waals surface area (Å²) in [6.07, 6.45) is -0.278. The van der Waals surface area contributed by atoms with E-state index < -0.39 is 29.7 Å². The average Bonchev–Trinajstić information content (AvgIpc) is 2.88. The number of carbonyl (C=O) groups is 2. The summed E-state index contributed by atoms with van der Waals surface area (Å²) in [4.78, 5) is 29.0. The zero-order valence-electron chi connectivity index (χ0n) is 21.0. The second-order valence-electron chi connectivity index (χ2n) is 11.0. The van der Waals surface area contributed by atoms with Crippen molar-refractivity contribution in [3.05, 3.63) is 29.6 Å². The molecule has 1 aromatic carbocycles. The van der Waals surface area contributed by atoms with Gasteiger partial charge in [0.2, 0.25) is 5.91 Å². The van der Waals surface area contributed by atoms with E-state index >= 15 is 0 Å². The van der Waals surface area contributed by atoms with Crippen molar-refractivity contribution in [2.24, 2.45) is 0 Å². The molecule has 0 saturated carbocycles. The minimum atomic E-state index is -0.755. The number of halogens is 1. The molecule has 0 aromatic heterocycles. The summed E-state index contributed by atoms with van der Waals surface area (Å²) in [6.45, 7) is 16.3. The van der Waals surface area contributed by atoms with Crippen molar-refractivity contribution in [1.82, 2.24) is 9.80 Å². The van der Waals surface area contributed by atoms with Crippen LogP contribution in [0.1, 0.15) is 61.0 Å². The van der Waals surface area contributed by atoms with Gasteiger partial charge in [-0.05, 0) is 78.5 Å². The van der Waals surface area contributed by atoms with E-state index in [1.54, 1.807) is 15.9 Å². The Kier molecular flexibility index (Phi) is 6.88. The number of hydrogen-bond donors (Lipinski definition) is 0. The van der Waals surface area contributed by atoms with Gasteiger partial charge < -0.3 is 23.8 Å². The van der Waals surface area contributed by atoms with Gasteiger partial charge in [0.05, 0.1) is 17.6 Å². The molecule has 2 aliphatic heterocycles. The number of benzene rings is 1. The fourth-order valence-electron chi connectivity index (χ4n) is 4.00. The lowest BCUT2D eigenvalue weighted by molar-refractivity contribution is -0.134. The second-order valence-corrected chi connectivity index (χ2v) is 11.0. The van der Waals surface area contributed by atoms with Gasteiger partial charge in [0.25, 0.3) is 0 Å². The lowest BCUT2D eigenvalue weighted by Crippen LogP contribution is -2.56. The van der Waals surface area contributed by atoms with Crippen molar-refractivity contribution in [3.8, 4) is 0 Å². The standard InChI is InChI=1S/C24H36BFN2O5/c1-16-15-27(21(30)31-22(2,3)4)11-12-28(16)20(29)13-17-9-10-18(26)14-19(17)25-32-23(5,6)24(7,8)33-25/h9-10,14,16H,11-13,15H2,1-8H3/t16-/m0/s1. The van der Waals surface area contributed by atoms with E-state index in [-0.39, 0.29) is 24.5 Å². The molecule has 0 spiro atoms. The molecule has 0 aliphatic carbocycles. The summed E-state index contributed by atoms with van der Waals surface area (Å²) in [5.74, 6) is -0.494. The van der Waals surface area contributed by atoms with Crippen LogP contribution in [0.4, 0.5) is 9.18 Å². The highest BCUT2D eigenvalue weighted by atomic mass is 19.1. The van der Waals surface area contributed by atoms with Gasteiger partial charge >= 0.3 is 13.2 Å². The van der Waals surface area contributed by atoms with Crippen LogP contribution in [-0.4, -0.2) is 71.4 Å². The molecule has 2 heterocycles. The van der Waals surface area contributed by atoms with Crippen LogP contribution < -0.4 is 5.46 Å². The maximum absolute atomic E-state index is 14.1. The van der Waals surface area contributed by atoms with E-state index in [2.05, 4.69) is 0 Å². The van der Waals surface area contributed by atoms with Crippen LogP contribution >= 0.6 is 0 Å². The van der Waals surface area contributed by atoms with Crippen LogP contribution in [0.2, 0.25) is 0 Å². The number of ether oxygens (including phenoxy) is 1. The topological polar surface area (TPSA) is 68.3 Å². The molecular weight excluding hydrogens is 426 g/mol. The maximum Gasteiger partial charge on any atom is 0.495 e. The fourth-order valence-corrected chi connectivity index (χ4v) is 4.00. The van der Waals surface area contributed by atoms with Gasteiger partial charge in [0.1, 0.15) is 11.4 Å². The van der Waals surface area contributed by atoms with Crippen LogP contribution in [0.3, 0.4) is 0 Å². The molecular formula is C24H36BFN2O5. The number of nitrogens with zero attached hydrogens (tertiary/aromatic N) is 2. The predicted molar refractivity (Wildman–Crippen MR) is 125 cm³/mol. The summed E-state index contributed by atoms with van der Waals surface area (Å²) in [7, 11) is -0.755. The molecule has 2 saturated heterocycles. The molecule has 1 aromatic rings. The minimum absolute atomic E-state index is 0.0873. The minimum Gasteiger partial charge on any atom is -0.444 e. The van der Waals surface area contributed by atoms with Crippen LogP contribution in [0.15, 0.2) is 18.2 Å². The molecule has 1 atom stereocenters. The molecule has 3 rings (SSSR count). The third-order valence-corrected chi connectivity index (χ3v) is 6.56. The number of piperazine rings is 1. The monoisotopic (exact) mass is 462 g/mol. The molecule has 2 amide bonds. The Balaban J connectivity index is 1.71. The highest BCUT2D eigenvalue weighted by molar-refractivity contribution is 6.62. The van der Waals surface area contributed by atoms with Crippen LogP contribution in [-0.2, 0) is 25.3 Å². The van der Waals surface area contributed by atoms with Crippen molar-refractivity contribution >= 4 is 24.6 Å². The smallest absolute Gasteiger partial charge is 0.444 e. The van der Waals surface area contributed by atoms with E-state index in [9.17, 15) is 14.0 Å². The van der Waals surface area contributed by atoms with Gasteiger partial charge in [-0.2, -0.15) is 0 Å². The van der Waals surface area contributed by atoms with Crippen LogP contribution in [0.25, 0.3) is 0 Å². The fraction of sp³-hybridized carbons (Fsp3) is 0.667. The van der Waals surface area contributed by atoms with Crippen molar-refractivity contribution in [1.29, 1.82) is 0 Å². The quantitative estimate of drug-likeness (QED) is 0.646. The lowest BCUT2D eigenvalue weighted by atomic mass is 9.75. The summed E-state index contributed by atoms with van der Waals surface area (Å²) in [5, 5.41) is 0. The highest BCUT2D eigenvalue weighted by Crippen LogP contribution is 2.36. The maximum atomic E-state index is 14.1. The summed E-state index contributed by atoms with van der Waals surface area (Å²) >= 11 is 0. The third-order valence-electron chi connectivity index (χ3n) is 6.56.